The minimum absolute atomic E-state index is 0.0882. The Balaban J connectivity index is 2.59. The van der Waals surface area contributed by atoms with E-state index in [1.54, 1.807) is 0 Å². The standard InChI is InChI=1S/C12H19N3O/c1-12(2,3)15-9-7-5-4-6-8(9)10(14-15)11(13)16/h4-7H2,1-3H3,(H2,13,16). The molecular formula is C12H19N3O. The number of rotatable bonds is 1. The normalized spacial score (nSPS) is 15.9. The molecule has 4 heteroatoms. The zero-order valence-electron chi connectivity index (χ0n) is 10.2. The molecule has 1 aliphatic carbocycles. The molecule has 1 amide bonds. The van der Waals surface area contributed by atoms with E-state index in [0.717, 1.165) is 24.8 Å². The maximum atomic E-state index is 11.4. The van der Waals surface area contributed by atoms with Gasteiger partial charge in [0.15, 0.2) is 5.69 Å². The highest BCUT2D eigenvalue weighted by atomic mass is 16.1. The molecular weight excluding hydrogens is 202 g/mol. The lowest BCUT2D eigenvalue weighted by molar-refractivity contribution is 0.0993. The summed E-state index contributed by atoms with van der Waals surface area (Å²) < 4.78 is 1.97. The molecule has 0 aliphatic heterocycles. The zero-order valence-corrected chi connectivity index (χ0v) is 10.2. The average Bonchev–Trinajstić information content (AvgIpc) is 2.56. The molecule has 4 nitrogen and oxygen atoms in total. The molecule has 0 saturated carbocycles. The minimum Gasteiger partial charge on any atom is -0.364 e. The van der Waals surface area contributed by atoms with Gasteiger partial charge >= 0.3 is 0 Å². The van der Waals surface area contributed by atoms with E-state index in [1.807, 2.05) is 4.68 Å². The van der Waals surface area contributed by atoms with Gasteiger partial charge in [0.05, 0.1) is 5.54 Å². The molecule has 1 aromatic rings. The lowest BCUT2D eigenvalue weighted by atomic mass is 9.94. The number of aromatic nitrogens is 2. The predicted octanol–water partition coefficient (Wildman–Crippen LogP) is 1.62. The lowest BCUT2D eigenvalue weighted by Gasteiger charge is -2.24. The van der Waals surface area contributed by atoms with Crippen LogP contribution in [0.15, 0.2) is 0 Å². The van der Waals surface area contributed by atoms with E-state index in [4.69, 9.17) is 5.73 Å². The van der Waals surface area contributed by atoms with Crippen LogP contribution in [0, 0.1) is 0 Å². The Hall–Kier alpha value is -1.32. The van der Waals surface area contributed by atoms with Gasteiger partial charge in [-0.25, -0.2) is 0 Å². The van der Waals surface area contributed by atoms with Crippen LogP contribution in [0.2, 0.25) is 0 Å². The predicted molar refractivity (Wildman–Crippen MR) is 62.4 cm³/mol. The third-order valence-electron chi connectivity index (χ3n) is 3.05. The van der Waals surface area contributed by atoms with Crippen LogP contribution in [0.5, 0.6) is 0 Å². The number of hydrogen-bond donors (Lipinski definition) is 1. The maximum Gasteiger partial charge on any atom is 0.269 e. The summed E-state index contributed by atoms with van der Waals surface area (Å²) in [5.41, 5.74) is 8.05. The van der Waals surface area contributed by atoms with Crippen molar-refractivity contribution < 1.29 is 4.79 Å². The maximum absolute atomic E-state index is 11.4. The van der Waals surface area contributed by atoms with Gasteiger partial charge in [0.25, 0.3) is 5.91 Å². The first-order valence-corrected chi connectivity index (χ1v) is 5.82. The third kappa shape index (κ3) is 1.72. The lowest BCUT2D eigenvalue weighted by Crippen LogP contribution is -2.26. The summed E-state index contributed by atoms with van der Waals surface area (Å²) in [6.45, 7) is 6.29. The van der Waals surface area contributed by atoms with Crippen molar-refractivity contribution in [2.24, 2.45) is 5.73 Å². The average molecular weight is 221 g/mol. The Morgan fingerprint density at radius 3 is 2.50 bits per heavy atom. The number of fused-ring (bicyclic) bond motifs is 1. The van der Waals surface area contributed by atoms with Crippen molar-refractivity contribution in [3.8, 4) is 0 Å². The van der Waals surface area contributed by atoms with Crippen molar-refractivity contribution in [2.45, 2.75) is 52.0 Å². The van der Waals surface area contributed by atoms with E-state index in [9.17, 15) is 4.79 Å². The summed E-state index contributed by atoms with van der Waals surface area (Å²) in [4.78, 5) is 11.4. The van der Waals surface area contributed by atoms with Gasteiger partial charge in [-0.1, -0.05) is 0 Å². The van der Waals surface area contributed by atoms with Gasteiger partial charge in [-0.15, -0.1) is 0 Å². The molecule has 1 aliphatic rings. The van der Waals surface area contributed by atoms with Crippen molar-refractivity contribution in [1.82, 2.24) is 9.78 Å². The highest BCUT2D eigenvalue weighted by molar-refractivity contribution is 5.92. The van der Waals surface area contributed by atoms with Gasteiger partial charge in [-0.2, -0.15) is 5.10 Å². The number of nitrogens with two attached hydrogens (primary N) is 1. The molecule has 0 spiro atoms. The first kappa shape index (κ1) is 11.2. The molecule has 0 radical (unpaired) electrons. The fraction of sp³-hybridized carbons (Fsp3) is 0.667. The molecule has 0 atom stereocenters. The summed E-state index contributed by atoms with van der Waals surface area (Å²) in [6, 6.07) is 0. The Morgan fingerprint density at radius 1 is 1.31 bits per heavy atom. The highest BCUT2D eigenvalue weighted by Crippen LogP contribution is 2.28. The van der Waals surface area contributed by atoms with E-state index in [-0.39, 0.29) is 5.54 Å². The second-order valence-electron chi connectivity index (χ2n) is 5.43. The second kappa shape index (κ2) is 3.61. The number of primary amides is 1. The first-order chi connectivity index (χ1) is 7.41. The minimum atomic E-state index is -0.402. The van der Waals surface area contributed by atoms with Gasteiger partial charge in [0.2, 0.25) is 0 Å². The van der Waals surface area contributed by atoms with E-state index in [2.05, 4.69) is 25.9 Å². The van der Waals surface area contributed by atoms with Crippen LogP contribution in [-0.4, -0.2) is 15.7 Å². The van der Waals surface area contributed by atoms with Crippen LogP contribution >= 0.6 is 0 Å². The van der Waals surface area contributed by atoms with Crippen molar-refractivity contribution in [2.75, 3.05) is 0 Å². The van der Waals surface area contributed by atoms with Gasteiger partial charge in [0.1, 0.15) is 0 Å². The zero-order chi connectivity index (χ0) is 11.9. The fourth-order valence-electron chi connectivity index (χ4n) is 2.35. The molecule has 0 unspecified atom stereocenters. The molecule has 88 valence electrons. The summed E-state index contributed by atoms with van der Waals surface area (Å²) >= 11 is 0. The number of carbonyl (C=O) groups excluding carboxylic acids is 1. The van der Waals surface area contributed by atoms with Crippen LogP contribution in [0.4, 0.5) is 0 Å². The third-order valence-corrected chi connectivity index (χ3v) is 3.05. The number of nitrogens with zero attached hydrogens (tertiary/aromatic N) is 2. The molecule has 1 heterocycles. The summed E-state index contributed by atoms with van der Waals surface area (Å²) in [5.74, 6) is -0.402. The van der Waals surface area contributed by atoms with Crippen molar-refractivity contribution in [3.05, 3.63) is 17.0 Å². The molecule has 0 fully saturated rings. The largest absolute Gasteiger partial charge is 0.364 e. The molecule has 1 aromatic heterocycles. The second-order valence-corrected chi connectivity index (χ2v) is 5.43. The topological polar surface area (TPSA) is 60.9 Å². The number of amides is 1. The first-order valence-electron chi connectivity index (χ1n) is 5.82. The Kier molecular flexibility index (Phi) is 2.52. The number of carbonyl (C=O) groups is 1. The van der Waals surface area contributed by atoms with Crippen LogP contribution in [0.1, 0.15) is 55.4 Å². The molecule has 0 bridgehead atoms. The number of hydrogen-bond acceptors (Lipinski definition) is 2. The Bertz CT molecular complexity index is 426. The van der Waals surface area contributed by atoms with Crippen LogP contribution in [0.25, 0.3) is 0 Å². The summed E-state index contributed by atoms with van der Waals surface area (Å²) in [6.07, 6.45) is 4.24. The molecule has 2 rings (SSSR count). The summed E-state index contributed by atoms with van der Waals surface area (Å²) in [7, 11) is 0. The van der Waals surface area contributed by atoms with Gasteiger partial charge < -0.3 is 5.73 Å². The monoisotopic (exact) mass is 221 g/mol. The van der Waals surface area contributed by atoms with Gasteiger partial charge in [-0.3, -0.25) is 9.48 Å². The van der Waals surface area contributed by atoms with Crippen molar-refractivity contribution >= 4 is 5.91 Å². The Morgan fingerprint density at radius 2 is 1.94 bits per heavy atom. The van der Waals surface area contributed by atoms with Crippen molar-refractivity contribution in [1.29, 1.82) is 0 Å². The highest BCUT2D eigenvalue weighted by Gasteiger charge is 2.28. The molecule has 0 saturated heterocycles. The van der Waals surface area contributed by atoms with E-state index in [1.165, 1.54) is 12.1 Å². The molecule has 0 aromatic carbocycles. The van der Waals surface area contributed by atoms with Gasteiger partial charge in [0, 0.05) is 11.3 Å². The summed E-state index contributed by atoms with van der Waals surface area (Å²) in [5, 5.41) is 4.40. The fourth-order valence-corrected chi connectivity index (χ4v) is 2.35. The molecule has 16 heavy (non-hydrogen) atoms. The SMILES string of the molecule is CC(C)(C)n1nc(C(N)=O)c2c1CCCC2. The van der Waals surface area contributed by atoms with Crippen LogP contribution in [0.3, 0.4) is 0 Å². The van der Waals surface area contributed by atoms with Gasteiger partial charge in [-0.05, 0) is 46.5 Å². The van der Waals surface area contributed by atoms with E-state index < -0.39 is 5.91 Å². The van der Waals surface area contributed by atoms with E-state index in [0.29, 0.717) is 5.69 Å². The van der Waals surface area contributed by atoms with E-state index >= 15 is 0 Å². The smallest absolute Gasteiger partial charge is 0.269 e. The Labute approximate surface area is 95.8 Å². The van der Waals surface area contributed by atoms with Crippen molar-refractivity contribution in [3.63, 3.8) is 0 Å². The quantitative estimate of drug-likeness (QED) is 0.783. The van der Waals surface area contributed by atoms with Crippen LogP contribution in [-0.2, 0) is 18.4 Å². The molecule has 2 N–H and O–H groups in total. The van der Waals surface area contributed by atoms with Crippen LogP contribution < -0.4 is 5.73 Å².